The van der Waals surface area contributed by atoms with Crippen LogP contribution in [-0.4, -0.2) is 4.98 Å². The van der Waals surface area contributed by atoms with Crippen LogP contribution in [0.5, 0.6) is 0 Å². The largest absolute Gasteiger partial charge is 0.320 e. The maximum absolute atomic E-state index is 13.1. The van der Waals surface area contributed by atoms with Gasteiger partial charge in [-0.1, -0.05) is 15.9 Å². The fourth-order valence-corrected chi connectivity index (χ4v) is 2.02. The Labute approximate surface area is 106 Å². The molecule has 88 valence electrons. The summed E-state index contributed by atoms with van der Waals surface area (Å²) in [5.74, 6) is -0.853. The molecule has 0 saturated carbocycles. The molecule has 2 nitrogen and oxygen atoms in total. The fraction of sp³-hybridized carbons (Fsp3) is 0.0833. The third kappa shape index (κ3) is 2.68. The predicted octanol–water partition coefficient (Wildman–Crippen LogP) is 3.17. The van der Waals surface area contributed by atoms with Crippen molar-refractivity contribution in [2.75, 3.05) is 0 Å². The number of aromatic nitrogens is 1. The van der Waals surface area contributed by atoms with E-state index < -0.39 is 11.9 Å². The van der Waals surface area contributed by atoms with E-state index in [1.54, 1.807) is 6.07 Å². The summed E-state index contributed by atoms with van der Waals surface area (Å²) in [7, 11) is 0. The number of hydrogen-bond donors (Lipinski definition) is 1. The van der Waals surface area contributed by atoms with Crippen LogP contribution in [0.4, 0.5) is 8.78 Å². The van der Waals surface area contributed by atoms with Crippen molar-refractivity contribution >= 4 is 15.9 Å². The molecule has 0 amide bonds. The molecule has 0 radical (unpaired) electrons. The minimum Gasteiger partial charge on any atom is -0.320 e. The van der Waals surface area contributed by atoms with Crippen LogP contribution in [0, 0.1) is 11.6 Å². The highest BCUT2D eigenvalue weighted by Crippen LogP contribution is 2.27. The summed E-state index contributed by atoms with van der Waals surface area (Å²) in [5.41, 5.74) is 7.00. The zero-order chi connectivity index (χ0) is 12.4. The van der Waals surface area contributed by atoms with E-state index in [4.69, 9.17) is 5.73 Å². The van der Waals surface area contributed by atoms with Crippen LogP contribution >= 0.6 is 15.9 Å². The number of pyridine rings is 1. The lowest BCUT2D eigenvalue weighted by Crippen LogP contribution is -2.13. The number of nitrogens with two attached hydrogens (primary N) is 1. The second-order valence-corrected chi connectivity index (χ2v) is 4.43. The first kappa shape index (κ1) is 12.1. The molecule has 1 atom stereocenters. The van der Waals surface area contributed by atoms with Crippen molar-refractivity contribution in [2.45, 2.75) is 6.04 Å². The average Bonchev–Trinajstić information content (AvgIpc) is 2.31. The average molecular weight is 299 g/mol. The Kier molecular flexibility index (Phi) is 3.49. The Morgan fingerprint density at radius 3 is 2.59 bits per heavy atom. The van der Waals surface area contributed by atoms with Gasteiger partial charge in [-0.15, -0.1) is 0 Å². The normalized spacial score (nSPS) is 12.5. The van der Waals surface area contributed by atoms with Crippen molar-refractivity contribution in [1.82, 2.24) is 4.98 Å². The van der Waals surface area contributed by atoms with Gasteiger partial charge in [0.05, 0.1) is 12.2 Å². The van der Waals surface area contributed by atoms with Crippen LogP contribution in [0.1, 0.15) is 17.2 Å². The molecule has 0 bridgehead atoms. The van der Waals surface area contributed by atoms with Crippen molar-refractivity contribution in [2.24, 2.45) is 5.73 Å². The Morgan fingerprint density at radius 2 is 1.88 bits per heavy atom. The lowest BCUT2D eigenvalue weighted by Gasteiger charge is -2.14. The molecule has 2 rings (SSSR count). The second-order valence-electron chi connectivity index (χ2n) is 3.58. The molecule has 0 aliphatic carbocycles. The highest BCUT2D eigenvalue weighted by Gasteiger charge is 2.14. The molecule has 1 unspecified atom stereocenters. The Balaban J connectivity index is 2.43. The van der Waals surface area contributed by atoms with Crippen LogP contribution < -0.4 is 5.73 Å². The highest BCUT2D eigenvalue weighted by molar-refractivity contribution is 9.10. The van der Waals surface area contributed by atoms with E-state index in [2.05, 4.69) is 20.9 Å². The SMILES string of the molecule is NC(c1cncc(F)c1)c1cc(F)ccc1Br. The van der Waals surface area contributed by atoms with Gasteiger partial charge in [-0.2, -0.15) is 0 Å². The van der Waals surface area contributed by atoms with Gasteiger partial charge in [0.25, 0.3) is 0 Å². The zero-order valence-corrected chi connectivity index (χ0v) is 10.3. The number of rotatable bonds is 2. The lowest BCUT2D eigenvalue weighted by molar-refractivity contribution is 0.614. The summed E-state index contributed by atoms with van der Waals surface area (Å²) in [6.07, 6.45) is 2.56. The van der Waals surface area contributed by atoms with Crippen molar-refractivity contribution < 1.29 is 8.78 Å². The molecule has 1 heterocycles. The van der Waals surface area contributed by atoms with Gasteiger partial charge in [0.15, 0.2) is 0 Å². The van der Waals surface area contributed by atoms with Gasteiger partial charge < -0.3 is 5.73 Å². The zero-order valence-electron chi connectivity index (χ0n) is 8.70. The highest BCUT2D eigenvalue weighted by atomic mass is 79.9. The number of hydrogen-bond acceptors (Lipinski definition) is 2. The standard InChI is InChI=1S/C12H9BrF2N2/c13-11-2-1-8(14)4-10(11)12(16)7-3-9(15)6-17-5-7/h1-6,12H,16H2. The molecular weight excluding hydrogens is 290 g/mol. The van der Waals surface area contributed by atoms with Gasteiger partial charge in [-0.05, 0) is 35.4 Å². The summed E-state index contributed by atoms with van der Waals surface area (Å²) in [4.78, 5) is 3.72. The maximum Gasteiger partial charge on any atom is 0.141 e. The quantitative estimate of drug-likeness (QED) is 0.925. The van der Waals surface area contributed by atoms with E-state index in [0.29, 0.717) is 15.6 Å². The van der Waals surface area contributed by atoms with E-state index in [1.807, 2.05) is 0 Å². The maximum atomic E-state index is 13.1. The topological polar surface area (TPSA) is 38.9 Å². The molecule has 0 spiro atoms. The third-order valence-corrected chi connectivity index (χ3v) is 3.10. The van der Waals surface area contributed by atoms with E-state index in [1.165, 1.54) is 24.4 Å². The third-order valence-electron chi connectivity index (χ3n) is 2.38. The summed E-state index contributed by atoms with van der Waals surface area (Å²) < 4.78 is 26.8. The first-order chi connectivity index (χ1) is 8.08. The molecule has 0 fully saturated rings. The molecule has 0 saturated heterocycles. The van der Waals surface area contributed by atoms with E-state index in [9.17, 15) is 8.78 Å². The Morgan fingerprint density at radius 1 is 1.12 bits per heavy atom. The molecule has 2 N–H and O–H groups in total. The molecule has 1 aromatic heterocycles. The van der Waals surface area contributed by atoms with Gasteiger partial charge in [-0.3, -0.25) is 4.98 Å². The van der Waals surface area contributed by atoms with Gasteiger partial charge in [0.1, 0.15) is 11.6 Å². The summed E-state index contributed by atoms with van der Waals surface area (Å²) >= 11 is 3.29. The summed E-state index contributed by atoms with van der Waals surface area (Å²) in [5, 5.41) is 0. The summed E-state index contributed by atoms with van der Waals surface area (Å²) in [6, 6.07) is 4.87. The number of halogens is 3. The van der Waals surface area contributed by atoms with Crippen LogP contribution in [0.25, 0.3) is 0 Å². The van der Waals surface area contributed by atoms with Crippen LogP contribution in [0.2, 0.25) is 0 Å². The molecule has 0 aliphatic rings. The van der Waals surface area contributed by atoms with Gasteiger partial charge >= 0.3 is 0 Å². The van der Waals surface area contributed by atoms with Crippen molar-refractivity contribution in [3.63, 3.8) is 0 Å². The molecule has 0 aliphatic heterocycles. The van der Waals surface area contributed by atoms with E-state index in [0.717, 1.165) is 6.20 Å². The first-order valence-electron chi connectivity index (χ1n) is 4.89. The minimum atomic E-state index is -0.622. The molecule has 2 aromatic rings. The van der Waals surface area contributed by atoms with Gasteiger partial charge in [0.2, 0.25) is 0 Å². The summed E-state index contributed by atoms with van der Waals surface area (Å²) in [6.45, 7) is 0. The molecule has 17 heavy (non-hydrogen) atoms. The predicted molar refractivity (Wildman–Crippen MR) is 64.3 cm³/mol. The van der Waals surface area contributed by atoms with Crippen LogP contribution in [-0.2, 0) is 0 Å². The second kappa shape index (κ2) is 4.89. The van der Waals surface area contributed by atoms with Gasteiger partial charge in [0, 0.05) is 10.7 Å². The monoisotopic (exact) mass is 298 g/mol. The smallest absolute Gasteiger partial charge is 0.141 e. The number of nitrogens with zero attached hydrogens (tertiary/aromatic N) is 1. The lowest BCUT2D eigenvalue weighted by atomic mass is 10.0. The molecule has 5 heteroatoms. The Bertz CT molecular complexity index is 546. The van der Waals surface area contributed by atoms with Crippen LogP contribution in [0.3, 0.4) is 0 Å². The fourth-order valence-electron chi connectivity index (χ4n) is 1.53. The number of benzene rings is 1. The van der Waals surface area contributed by atoms with Gasteiger partial charge in [-0.25, -0.2) is 8.78 Å². The van der Waals surface area contributed by atoms with E-state index in [-0.39, 0.29) is 5.82 Å². The minimum absolute atomic E-state index is 0.386. The van der Waals surface area contributed by atoms with Crippen LogP contribution in [0.15, 0.2) is 41.1 Å². The van der Waals surface area contributed by atoms with E-state index >= 15 is 0 Å². The van der Waals surface area contributed by atoms with Crippen molar-refractivity contribution in [3.8, 4) is 0 Å². The molecule has 1 aromatic carbocycles. The van der Waals surface area contributed by atoms with Crippen molar-refractivity contribution in [1.29, 1.82) is 0 Å². The first-order valence-corrected chi connectivity index (χ1v) is 5.68. The Hall–Kier alpha value is -1.33. The van der Waals surface area contributed by atoms with Crippen molar-refractivity contribution in [3.05, 3.63) is 63.9 Å². The molecular formula is C12H9BrF2N2.